The molecule has 0 aromatic heterocycles. The van der Waals surface area contributed by atoms with Gasteiger partial charge in [-0.25, -0.2) is 17.2 Å². The summed E-state index contributed by atoms with van der Waals surface area (Å²) in [5, 5.41) is 2.39. The first-order valence-corrected chi connectivity index (χ1v) is 8.20. The molecule has 1 aromatic rings. The molecule has 0 saturated heterocycles. The van der Waals surface area contributed by atoms with Crippen LogP contribution in [0.3, 0.4) is 0 Å². The van der Waals surface area contributed by atoms with Crippen LogP contribution < -0.4 is 5.32 Å². The maximum atomic E-state index is 14.1. The van der Waals surface area contributed by atoms with Gasteiger partial charge in [-0.05, 0) is 25.0 Å². The van der Waals surface area contributed by atoms with Crippen LogP contribution in [0, 0.1) is 17.6 Å². The predicted molar refractivity (Wildman–Crippen MR) is 73.2 cm³/mol. The van der Waals surface area contributed by atoms with Gasteiger partial charge in [-0.3, -0.25) is 0 Å². The number of fused-ring (bicyclic) bond motifs is 1. The Bertz CT molecular complexity index is 628. The maximum absolute atomic E-state index is 14.1. The molecule has 1 N–H and O–H groups in total. The van der Waals surface area contributed by atoms with E-state index >= 15 is 0 Å². The Morgan fingerprint density at radius 1 is 1.15 bits per heavy atom. The van der Waals surface area contributed by atoms with E-state index in [4.69, 9.17) is 0 Å². The molecule has 2 rings (SSSR count). The van der Waals surface area contributed by atoms with Crippen LogP contribution in [0.5, 0.6) is 0 Å². The minimum atomic E-state index is -3.85. The van der Waals surface area contributed by atoms with Crippen LogP contribution in [-0.4, -0.2) is 19.7 Å². The van der Waals surface area contributed by atoms with Gasteiger partial charge >= 0.3 is 0 Å². The van der Waals surface area contributed by atoms with Gasteiger partial charge in [-0.2, -0.15) is 0 Å². The second-order valence-corrected chi connectivity index (χ2v) is 7.92. The third kappa shape index (κ3) is 2.24. The van der Waals surface area contributed by atoms with E-state index in [9.17, 15) is 17.2 Å². The number of halogens is 2. The minimum absolute atomic E-state index is 0.0333. The van der Waals surface area contributed by atoms with E-state index in [2.05, 4.69) is 5.32 Å². The summed E-state index contributed by atoms with van der Waals surface area (Å²) in [6.45, 7) is 7.06. The van der Waals surface area contributed by atoms with Crippen LogP contribution in [-0.2, 0) is 9.84 Å². The zero-order valence-corrected chi connectivity index (χ0v) is 12.8. The number of nitrogens with one attached hydrogen (secondary N) is 1. The molecule has 0 spiro atoms. The first-order valence-electron chi connectivity index (χ1n) is 6.65. The molecule has 0 aliphatic carbocycles. The highest BCUT2D eigenvalue weighted by molar-refractivity contribution is 7.92. The van der Waals surface area contributed by atoms with Gasteiger partial charge in [0.1, 0.15) is 16.5 Å². The molecule has 0 radical (unpaired) electrons. The highest BCUT2D eigenvalue weighted by atomic mass is 32.2. The lowest BCUT2D eigenvalue weighted by Crippen LogP contribution is -2.44. The summed E-state index contributed by atoms with van der Waals surface area (Å²) in [7, 11) is -3.85. The normalized spacial score (nSPS) is 28.4. The van der Waals surface area contributed by atoms with Gasteiger partial charge in [0, 0.05) is 17.6 Å². The van der Waals surface area contributed by atoms with Crippen molar-refractivity contribution in [3.8, 4) is 0 Å². The molecular formula is C14H19F2NO2S. The van der Waals surface area contributed by atoms with E-state index in [0.29, 0.717) is 0 Å². The highest BCUT2D eigenvalue weighted by Crippen LogP contribution is 2.42. The van der Waals surface area contributed by atoms with Gasteiger partial charge in [0.2, 0.25) is 0 Å². The van der Waals surface area contributed by atoms with Crippen molar-refractivity contribution in [1.29, 1.82) is 0 Å². The molecule has 0 bridgehead atoms. The standard InChI is InChI=1S/C14H19F2NO2S/c1-7(2)17-13-8(3)9(4)20(18,19)14-11(16)6-5-10(15)12(13)14/h5-9,13,17H,1-4H3. The zero-order chi connectivity index (χ0) is 15.2. The lowest BCUT2D eigenvalue weighted by Gasteiger charge is -2.37. The molecule has 0 saturated carbocycles. The summed E-state index contributed by atoms with van der Waals surface area (Å²) >= 11 is 0. The van der Waals surface area contributed by atoms with E-state index in [1.54, 1.807) is 13.8 Å². The number of sulfone groups is 1. The van der Waals surface area contributed by atoms with Gasteiger partial charge in [0.15, 0.2) is 9.84 Å². The van der Waals surface area contributed by atoms with Crippen LogP contribution in [0.15, 0.2) is 17.0 Å². The summed E-state index contributed by atoms with van der Waals surface area (Å²) in [4.78, 5) is -0.485. The Labute approximate surface area is 118 Å². The third-order valence-corrected chi connectivity index (χ3v) is 6.35. The molecule has 1 aliphatic heterocycles. The van der Waals surface area contributed by atoms with E-state index < -0.39 is 37.7 Å². The topological polar surface area (TPSA) is 46.2 Å². The van der Waals surface area contributed by atoms with Crippen LogP contribution in [0.25, 0.3) is 0 Å². The molecule has 0 fully saturated rings. The van der Waals surface area contributed by atoms with Crippen molar-refractivity contribution < 1.29 is 17.2 Å². The van der Waals surface area contributed by atoms with Crippen LogP contribution >= 0.6 is 0 Å². The largest absolute Gasteiger partial charge is 0.307 e. The molecule has 1 aliphatic rings. The van der Waals surface area contributed by atoms with E-state index in [-0.39, 0.29) is 17.5 Å². The van der Waals surface area contributed by atoms with Crippen molar-refractivity contribution in [2.24, 2.45) is 5.92 Å². The van der Waals surface area contributed by atoms with Crippen LogP contribution in [0.2, 0.25) is 0 Å². The molecule has 3 nitrogen and oxygen atoms in total. The van der Waals surface area contributed by atoms with Crippen molar-refractivity contribution in [2.45, 2.75) is 49.9 Å². The van der Waals surface area contributed by atoms with E-state index in [1.165, 1.54) is 0 Å². The number of hydrogen-bond donors (Lipinski definition) is 1. The quantitative estimate of drug-likeness (QED) is 0.914. The average Bonchev–Trinajstić information content (AvgIpc) is 2.35. The number of hydrogen-bond acceptors (Lipinski definition) is 3. The van der Waals surface area contributed by atoms with Gasteiger partial charge in [0.05, 0.1) is 5.25 Å². The lowest BCUT2D eigenvalue weighted by atomic mass is 9.90. The average molecular weight is 303 g/mol. The van der Waals surface area contributed by atoms with Gasteiger partial charge in [-0.1, -0.05) is 20.8 Å². The smallest absolute Gasteiger partial charge is 0.184 e. The molecule has 6 heteroatoms. The monoisotopic (exact) mass is 303 g/mol. The van der Waals surface area contributed by atoms with E-state index in [1.807, 2.05) is 13.8 Å². The fourth-order valence-electron chi connectivity index (χ4n) is 2.72. The van der Waals surface area contributed by atoms with Crippen LogP contribution in [0.4, 0.5) is 8.78 Å². The molecular weight excluding hydrogens is 284 g/mol. The first-order chi connectivity index (χ1) is 9.17. The van der Waals surface area contributed by atoms with Crippen molar-refractivity contribution in [3.05, 3.63) is 29.3 Å². The molecule has 1 heterocycles. The predicted octanol–water partition coefficient (Wildman–Crippen LogP) is 2.82. The van der Waals surface area contributed by atoms with Crippen molar-refractivity contribution in [1.82, 2.24) is 5.32 Å². The SMILES string of the molecule is CC(C)NC1c2c(F)ccc(F)c2S(=O)(=O)C(C)C1C. The lowest BCUT2D eigenvalue weighted by molar-refractivity contribution is 0.321. The highest BCUT2D eigenvalue weighted by Gasteiger charge is 2.45. The molecule has 20 heavy (non-hydrogen) atoms. The Kier molecular flexibility index (Phi) is 3.90. The molecule has 3 unspecified atom stereocenters. The second-order valence-electron chi connectivity index (χ2n) is 5.68. The summed E-state index contributed by atoms with van der Waals surface area (Å²) in [5.41, 5.74) is -0.0655. The van der Waals surface area contributed by atoms with Crippen molar-refractivity contribution in [3.63, 3.8) is 0 Å². The Hall–Kier alpha value is -1.01. The summed E-state index contributed by atoms with van der Waals surface area (Å²) in [5.74, 6) is -1.90. The third-order valence-electron chi connectivity index (χ3n) is 3.96. The van der Waals surface area contributed by atoms with E-state index in [0.717, 1.165) is 12.1 Å². The molecule has 1 aromatic carbocycles. The molecule has 112 valence electrons. The summed E-state index contributed by atoms with van der Waals surface area (Å²) in [6.07, 6.45) is 0. The Morgan fingerprint density at radius 3 is 2.25 bits per heavy atom. The van der Waals surface area contributed by atoms with Gasteiger partial charge in [0.25, 0.3) is 0 Å². The fraction of sp³-hybridized carbons (Fsp3) is 0.571. The first kappa shape index (κ1) is 15.4. The molecule has 0 amide bonds. The zero-order valence-electron chi connectivity index (χ0n) is 11.9. The minimum Gasteiger partial charge on any atom is -0.307 e. The van der Waals surface area contributed by atoms with Crippen molar-refractivity contribution >= 4 is 9.84 Å². The number of rotatable bonds is 2. The summed E-state index contributed by atoms with van der Waals surface area (Å²) in [6, 6.07) is 1.38. The van der Waals surface area contributed by atoms with Crippen molar-refractivity contribution in [2.75, 3.05) is 0 Å². The van der Waals surface area contributed by atoms with Crippen LogP contribution in [0.1, 0.15) is 39.3 Å². The Balaban J connectivity index is 2.75. The maximum Gasteiger partial charge on any atom is 0.184 e. The Morgan fingerprint density at radius 2 is 1.70 bits per heavy atom. The van der Waals surface area contributed by atoms with Gasteiger partial charge in [-0.15, -0.1) is 0 Å². The van der Waals surface area contributed by atoms with Gasteiger partial charge < -0.3 is 5.32 Å². The summed E-state index contributed by atoms with van der Waals surface area (Å²) < 4.78 is 52.9. The second kappa shape index (κ2) is 5.07. The molecule has 3 atom stereocenters. The fourth-order valence-corrected chi connectivity index (χ4v) is 4.69. The number of benzene rings is 1.